The van der Waals surface area contributed by atoms with Crippen molar-refractivity contribution in [2.75, 3.05) is 11.9 Å². The zero-order valence-corrected chi connectivity index (χ0v) is 10.3. The van der Waals surface area contributed by atoms with Crippen molar-refractivity contribution in [1.82, 2.24) is 10.2 Å². The number of hydrogen-bond acceptors (Lipinski definition) is 5. The first-order chi connectivity index (χ1) is 9.66. The molecule has 0 fully saturated rings. The molecule has 0 aliphatic carbocycles. The van der Waals surface area contributed by atoms with E-state index in [1.54, 1.807) is 24.3 Å². The summed E-state index contributed by atoms with van der Waals surface area (Å²) in [6.07, 6.45) is 2.73. The van der Waals surface area contributed by atoms with E-state index in [0.717, 1.165) is 0 Å². The number of nitrogens with one attached hydrogen (secondary N) is 1. The predicted octanol–water partition coefficient (Wildman–Crippen LogP) is 1.19. The highest BCUT2D eigenvalue weighted by atomic mass is 16.5. The highest BCUT2D eigenvalue weighted by Crippen LogP contribution is 2.24. The standard InChI is InChI=1S/C13H11N3O4/c17-12(18)8-20-11-4-2-1-3-10(11)16-13(19)9-5-6-14-15-7-9/h1-7H,8H2,(H,16,19)(H,17,18). The minimum Gasteiger partial charge on any atom is -0.480 e. The molecular weight excluding hydrogens is 262 g/mol. The summed E-state index contributed by atoms with van der Waals surface area (Å²) in [5.41, 5.74) is 0.726. The number of hydrogen-bond donors (Lipinski definition) is 2. The van der Waals surface area contributed by atoms with E-state index in [-0.39, 0.29) is 11.7 Å². The third kappa shape index (κ3) is 3.52. The minimum absolute atomic E-state index is 0.283. The van der Waals surface area contributed by atoms with Crippen LogP contribution >= 0.6 is 0 Å². The summed E-state index contributed by atoms with van der Waals surface area (Å²) in [4.78, 5) is 22.5. The van der Waals surface area contributed by atoms with E-state index < -0.39 is 12.6 Å². The second-order valence-electron chi connectivity index (χ2n) is 3.76. The average molecular weight is 273 g/mol. The van der Waals surface area contributed by atoms with Gasteiger partial charge in [-0.2, -0.15) is 10.2 Å². The van der Waals surface area contributed by atoms with Crippen molar-refractivity contribution >= 4 is 17.6 Å². The number of carbonyl (C=O) groups excluding carboxylic acids is 1. The van der Waals surface area contributed by atoms with Crippen LogP contribution in [-0.4, -0.2) is 33.8 Å². The van der Waals surface area contributed by atoms with Gasteiger partial charge in [0.05, 0.1) is 23.6 Å². The number of aliphatic carboxylic acids is 1. The van der Waals surface area contributed by atoms with Gasteiger partial charge in [-0.15, -0.1) is 0 Å². The molecule has 2 N–H and O–H groups in total. The van der Waals surface area contributed by atoms with Crippen molar-refractivity contribution in [2.24, 2.45) is 0 Å². The zero-order chi connectivity index (χ0) is 14.4. The van der Waals surface area contributed by atoms with Gasteiger partial charge in [-0.25, -0.2) is 4.79 Å². The van der Waals surface area contributed by atoms with Gasteiger partial charge in [0.15, 0.2) is 6.61 Å². The van der Waals surface area contributed by atoms with Crippen LogP contribution in [0.3, 0.4) is 0 Å². The zero-order valence-electron chi connectivity index (χ0n) is 10.3. The van der Waals surface area contributed by atoms with Gasteiger partial charge in [-0.1, -0.05) is 12.1 Å². The highest BCUT2D eigenvalue weighted by molar-refractivity contribution is 6.04. The Kier molecular flexibility index (Phi) is 4.23. The maximum Gasteiger partial charge on any atom is 0.341 e. The lowest BCUT2D eigenvalue weighted by Crippen LogP contribution is -2.15. The van der Waals surface area contributed by atoms with Gasteiger partial charge >= 0.3 is 5.97 Å². The molecule has 7 nitrogen and oxygen atoms in total. The fourth-order valence-corrected chi connectivity index (χ4v) is 1.45. The topological polar surface area (TPSA) is 101 Å². The molecule has 0 aliphatic rings. The summed E-state index contributed by atoms with van der Waals surface area (Å²) in [7, 11) is 0. The molecule has 2 aromatic rings. The average Bonchev–Trinajstić information content (AvgIpc) is 2.47. The Morgan fingerprint density at radius 3 is 2.70 bits per heavy atom. The lowest BCUT2D eigenvalue weighted by Gasteiger charge is -2.10. The van der Waals surface area contributed by atoms with Gasteiger partial charge in [0.1, 0.15) is 5.75 Å². The Morgan fingerprint density at radius 1 is 1.20 bits per heavy atom. The molecule has 0 saturated heterocycles. The van der Waals surface area contributed by atoms with Gasteiger partial charge < -0.3 is 15.2 Å². The molecule has 1 amide bonds. The number of anilines is 1. The van der Waals surface area contributed by atoms with Crippen LogP contribution in [0.25, 0.3) is 0 Å². The smallest absolute Gasteiger partial charge is 0.341 e. The van der Waals surface area contributed by atoms with E-state index in [4.69, 9.17) is 9.84 Å². The molecule has 0 atom stereocenters. The number of carboxylic acid groups (broad SMARTS) is 1. The van der Waals surface area contributed by atoms with Crippen molar-refractivity contribution in [3.8, 4) is 5.75 Å². The van der Waals surface area contributed by atoms with Crippen LogP contribution in [0.2, 0.25) is 0 Å². The lowest BCUT2D eigenvalue weighted by atomic mass is 10.2. The van der Waals surface area contributed by atoms with Crippen LogP contribution in [0.4, 0.5) is 5.69 Å². The summed E-state index contributed by atoms with van der Waals surface area (Å²) in [6.45, 7) is -0.482. The van der Waals surface area contributed by atoms with Crippen LogP contribution in [-0.2, 0) is 4.79 Å². The number of amides is 1. The second-order valence-corrected chi connectivity index (χ2v) is 3.76. The van der Waals surface area contributed by atoms with E-state index in [2.05, 4.69) is 15.5 Å². The van der Waals surface area contributed by atoms with Crippen molar-refractivity contribution < 1.29 is 19.4 Å². The van der Waals surface area contributed by atoms with E-state index in [1.807, 2.05) is 0 Å². The van der Waals surface area contributed by atoms with Gasteiger partial charge in [-0.05, 0) is 18.2 Å². The van der Waals surface area contributed by atoms with Gasteiger partial charge in [-0.3, -0.25) is 4.79 Å². The molecule has 1 aromatic heterocycles. The SMILES string of the molecule is O=C(O)COc1ccccc1NC(=O)c1ccnnc1. The molecule has 0 spiro atoms. The van der Waals surface area contributed by atoms with E-state index >= 15 is 0 Å². The monoisotopic (exact) mass is 273 g/mol. The van der Waals surface area contributed by atoms with Crippen LogP contribution in [0.15, 0.2) is 42.7 Å². The third-order valence-electron chi connectivity index (χ3n) is 2.33. The number of para-hydroxylation sites is 2. The normalized spacial score (nSPS) is 9.80. The molecule has 1 aromatic carbocycles. The first-order valence-corrected chi connectivity index (χ1v) is 5.68. The van der Waals surface area contributed by atoms with Crippen LogP contribution in [0.5, 0.6) is 5.75 Å². The minimum atomic E-state index is -1.09. The number of aromatic nitrogens is 2. The first kappa shape index (κ1) is 13.5. The van der Waals surface area contributed by atoms with E-state index in [9.17, 15) is 9.59 Å². The second kappa shape index (κ2) is 6.28. The molecule has 0 bridgehead atoms. The van der Waals surface area contributed by atoms with Crippen molar-refractivity contribution in [2.45, 2.75) is 0 Å². The van der Waals surface area contributed by atoms with E-state index in [0.29, 0.717) is 11.3 Å². The molecule has 20 heavy (non-hydrogen) atoms. The van der Waals surface area contributed by atoms with Crippen molar-refractivity contribution in [3.63, 3.8) is 0 Å². The molecular formula is C13H11N3O4. The molecule has 0 saturated carbocycles. The fraction of sp³-hybridized carbons (Fsp3) is 0.0769. The highest BCUT2D eigenvalue weighted by Gasteiger charge is 2.10. The Hall–Kier alpha value is -2.96. The summed E-state index contributed by atoms with van der Waals surface area (Å²) in [5.74, 6) is -1.19. The summed E-state index contributed by atoms with van der Waals surface area (Å²) < 4.78 is 5.09. The number of carbonyl (C=O) groups is 2. The van der Waals surface area contributed by atoms with Gasteiger partial charge in [0.2, 0.25) is 0 Å². The predicted molar refractivity (Wildman–Crippen MR) is 69.6 cm³/mol. The molecule has 0 unspecified atom stereocenters. The fourth-order valence-electron chi connectivity index (χ4n) is 1.45. The van der Waals surface area contributed by atoms with E-state index in [1.165, 1.54) is 18.5 Å². The third-order valence-corrected chi connectivity index (χ3v) is 2.33. The Labute approximate surface area is 114 Å². The van der Waals surface area contributed by atoms with Crippen LogP contribution < -0.4 is 10.1 Å². The molecule has 2 rings (SSSR count). The van der Waals surface area contributed by atoms with Gasteiger partial charge in [0, 0.05) is 0 Å². The quantitative estimate of drug-likeness (QED) is 0.848. The molecule has 102 valence electrons. The van der Waals surface area contributed by atoms with Crippen LogP contribution in [0.1, 0.15) is 10.4 Å². The summed E-state index contributed by atoms with van der Waals surface area (Å²) in [5, 5.41) is 18.4. The Bertz CT molecular complexity index is 616. The molecule has 1 heterocycles. The number of rotatable bonds is 5. The summed E-state index contributed by atoms with van der Waals surface area (Å²) >= 11 is 0. The largest absolute Gasteiger partial charge is 0.480 e. The molecule has 0 radical (unpaired) electrons. The molecule has 7 heteroatoms. The number of nitrogens with zero attached hydrogens (tertiary/aromatic N) is 2. The first-order valence-electron chi connectivity index (χ1n) is 5.68. The Balaban J connectivity index is 2.13. The Morgan fingerprint density at radius 2 is 2.00 bits per heavy atom. The van der Waals surface area contributed by atoms with Gasteiger partial charge in [0.25, 0.3) is 5.91 Å². The summed E-state index contributed by atoms with van der Waals surface area (Å²) in [6, 6.07) is 8.09. The van der Waals surface area contributed by atoms with Crippen LogP contribution in [0, 0.1) is 0 Å². The van der Waals surface area contributed by atoms with Crippen molar-refractivity contribution in [1.29, 1.82) is 0 Å². The maximum absolute atomic E-state index is 12.0. The number of ether oxygens (including phenoxy) is 1. The lowest BCUT2D eigenvalue weighted by molar-refractivity contribution is -0.139. The number of carboxylic acids is 1. The maximum atomic E-state index is 12.0. The molecule has 0 aliphatic heterocycles. The number of benzene rings is 1. The van der Waals surface area contributed by atoms with Crippen molar-refractivity contribution in [3.05, 3.63) is 48.3 Å².